The average Bonchev–Trinajstić information content (AvgIpc) is 2.70. The van der Waals surface area contributed by atoms with E-state index in [0.717, 1.165) is 5.69 Å². The number of benzene rings is 1. The summed E-state index contributed by atoms with van der Waals surface area (Å²) in [5.41, 5.74) is 6.59. The van der Waals surface area contributed by atoms with E-state index in [9.17, 15) is 8.42 Å². The third-order valence-corrected chi connectivity index (χ3v) is 4.84. The summed E-state index contributed by atoms with van der Waals surface area (Å²) in [7, 11) is -3.04. The molecule has 1 aliphatic rings. The Morgan fingerprint density at radius 2 is 2.05 bits per heavy atom. The number of aliphatic imine (C=N–C) groups is 1. The zero-order valence-corrected chi connectivity index (χ0v) is 14.2. The van der Waals surface area contributed by atoms with Gasteiger partial charge >= 0.3 is 0 Å². The van der Waals surface area contributed by atoms with E-state index in [1.165, 1.54) is 4.31 Å². The Bertz CT molecular complexity index is 548. The summed E-state index contributed by atoms with van der Waals surface area (Å²) in [4.78, 5) is 4.13. The maximum absolute atomic E-state index is 11.6. The van der Waals surface area contributed by atoms with E-state index >= 15 is 0 Å². The van der Waals surface area contributed by atoms with E-state index in [0.29, 0.717) is 32.0 Å². The molecule has 0 radical (unpaired) electrons. The van der Waals surface area contributed by atoms with Crippen LogP contribution < -0.4 is 11.1 Å². The van der Waals surface area contributed by atoms with Crippen molar-refractivity contribution in [2.24, 2.45) is 10.7 Å². The van der Waals surface area contributed by atoms with Crippen LogP contribution in [0.3, 0.4) is 0 Å². The molecule has 0 atom stereocenters. The molecule has 0 amide bonds. The van der Waals surface area contributed by atoms with Gasteiger partial charge in [-0.3, -0.25) is 4.99 Å². The smallest absolute Gasteiger partial charge is 0.214 e. The SMILES string of the molecule is I.NC(=NCCN1CCCS1(=O)=O)Nc1ccccc1. The Kier molecular flexibility index (Phi) is 6.69. The Morgan fingerprint density at radius 3 is 2.65 bits per heavy atom. The van der Waals surface area contributed by atoms with Crippen molar-refractivity contribution in [2.75, 3.05) is 30.7 Å². The van der Waals surface area contributed by atoms with Crippen molar-refractivity contribution < 1.29 is 8.42 Å². The monoisotopic (exact) mass is 410 g/mol. The van der Waals surface area contributed by atoms with Gasteiger partial charge in [0.2, 0.25) is 10.0 Å². The van der Waals surface area contributed by atoms with Gasteiger partial charge in [0.15, 0.2) is 5.96 Å². The lowest BCUT2D eigenvalue weighted by molar-refractivity contribution is 0.452. The number of hydrogen-bond acceptors (Lipinski definition) is 3. The van der Waals surface area contributed by atoms with Gasteiger partial charge in [-0.2, -0.15) is 0 Å². The molecule has 0 aromatic heterocycles. The standard InChI is InChI=1S/C12H18N4O2S.HI/c13-12(15-11-5-2-1-3-6-11)14-7-9-16-8-4-10-19(16,17)18;/h1-3,5-6H,4,7-10H2,(H3,13,14,15);1H. The largest absolute Gasteiger partial charge is 0.370 e. The van der Waals surface area contributed by atoms with Gasteiger partial charge in [-0.25, -0.2) is 12.7 Å². The summed E-state index contributed by atoms with van der Waals surface area (Å²) in [5.74, 6) is 0.539. The van der Waals surface area contributed by atoms with Crippen LogP contribution in [0, 0.1) is 0 Å². The Balaban J connectivity index is 0.00000200. The van der Waals surface area contributed by atoms with E-state index < -0.39 is 10.0 Å². The van der Waals surface area contributed by atoms with Gasteiger partial charge < -0.3 is 11.1 Å². The van der Waals surface area contributed by atoms with Crippen LogP contribution in [0.4, 0.5) is 5.69 Å². The number of hydrogen-bond donors (Lipinski definition) is 2. The number of anilines is 1. The maximum Gasteiger partial charge on any atom is 0.214 e. The summed E-state index contributed by atoms with van der Waals surface area (Å²) in [6.45, 7) is 1.34. The zero-order chi connectivity index (χ0) is 13.7. The number of rotatable bonds is 4. The van der Waals surface area contributed by atoms with E-state index in [4.69, 9.17) is 5.73 Å². The molecule has 1 fully saturated rings. The lowest BCUT2D eigenvalue weighted by Gasteiger charge is -2.12. The Morgan fingerprint density at radius 1 is 1.35 bits per heavy atom. The summed E-state index contributed by atoms with van der Waals surface area (Å²) in [6.07, 6.45) is 0.698. The number of nitrogens with one attached hydrogen (secondary N) is 1. The molecule has 1 saturated heterocycles. The first-order valence-electron chi connectivity index (χ1n) is 6.18. The third-order valence-electron chi connectivity index (χ3n) is 2.88. The van der Waals surface area contributed by atoms with Gasteiger partial charge in [0.25, 0.3) is 0 Å². The topological polar surface area (TPSA) is 87.8 Å². The first-order valence-corrected chi connectivity index (χ1v) is 7.79. The lowest BCUT2D eigenvalue weighted by Crippen LogP contribution is -2.30. The fraction of sp³-hybridized carbons (Fsp3) is 0.417. The minimum absolute atomic E-state index is 0. The quantitative estimate of drug-likeness (QED) is 0.442. The summed E-state index contributed by atoms with van der Waals surface area (Å²) in [5, 5.41) is 2.95. The van der Waals surface area contributed by atoms with Crippen molar-refractivity contribution in [1.29, 1.82) is 0 Å². The van der Waals surface area contributed by atoms with E-state index in [-0.39, 0.29) is 29.7 Å². The third kappa shape index (κ3) is 4.91. The van der Waals surface area contributed by atoms with E-state index in [2.05, 4.69) is 10.3 Å². The Hall–Kier alpha value is -0.870. The molecular weight excluding hydrogens is 391 g/mol. The first-order chi connectivity index (χ1) is 9.08. The van der Waals surface area contributed by atoms with Crippen LogP contribution in [0.5, 0.6) is 0 Å². The number of nitrogens with zero attached hydrogens (tertiary/aromatic N) is 2. The van der Waals surface area contributed by atoms with Gasteiger partial charge in [-0.05, 0) is 18.6 Å². The zero-order valence-electron chi connectivity index (χ0n) is 11.0. The predicted octanol–water partition coefficient (Wildman–Crippen LogP) is 1.07. The molecule has 0 aliphatic carbocycles. The van der Waals surface area contributed by atoms with Crippen molar-refractivity contribution in [1.82, 2.24) is 4.31 Å². The van der Waals surface area contributed by atoms with Crippen molar-refractivity contribution in [2.45, 2.75) is 6.42 Å². The fourth-order valence-electron chi connectivity index (χ4n) is 1.93. The van der Waals surface area contributed by atoms with Crippen LogP contribution in [0.15, 0.2) is 35.3 Å². The minimum Gasteiger partial charge on any atom is -0.370 e. The molecule has 1 heterocycles. The average molecular weight is 410 g/mol. The van der Waals surface area contributed by atoms with E-state index in [1.54, 1.807) is 0 Å². The van der Waals surface area contributed by atoms with Crippen LogP contribution in [-0.2, 0) is 10.0 Å². The highest BCUT2D eigenvalue weighted by Crippen LogP contribution is 2.12. The number of nitrogens with two attached hydrogens (primary N) is 1. The number of guanidine groups is 1. The van der Waals surface area contributed by atoms with Crippen LogP contribution in [0.2, 0.25) is 0 Å². The van der Waals surface area contributed by atoms with Gasteiger partial charge in [0.05, 0.1) is 12.3 Å². The van der Waals surface area contributed by atoms with Crippen molar-refractivity contribution in [3.8, 4) is 0 Å². The number of para-hydroxylation sites is 1. The Labute approximate surface area is 136 Å². The van der Waals surface area contributed by atoms with Gasteiger partial charge in [0.1, 0.15) is 0 Å². The number of sulfonamides is 1. The highest BCUT2D eigenvalue weighted by atomic mass is 127. The minimum atomic E-state index is -3.04. The molecule has 1 aromatic carbocycles. The first kappa shape index (κ1) is 17.2. The van der Waals surface area contributed by atoms with Crippen LogP contribution in [-0.4, -0.2) is 44.1 Å². The second-order valence-electron chi connectivity index (χ2n) is 4.33. The summed E-state index contributed by atoms with van der Waals surface area (Å²) < 4.78 is 24.6. The van der Waals surface area contributed by atoms with Crippen LogP contribution >= 0.6 is 24.0 Å². The molecule has 2 rings (SSSR count). The molecule has 0 spiro atoms. The molecule has 0 unspecified atom stereocenters. The second kappa shape index (κ2) is 7.79. The molecular formula is C12H19IN4O2S. The molecule has 20 heavy (non-hydrogen) atoms. The highest BCUT2D eigenvalue weighted by Gasteiger charge is 2.27. The van der Waals surface area contributed by atoms with Gasteiger partial charge in [0, 0.05) is 18.8 Å². The highest BCUT2D eigenvalue weighted by molar-refractivity contribution is 14.0. The summed E-state index contributed by atoms with van der Waals surface area (Å²) >= 11 is 0. The molecule has 112 valence electrons. The van der Waals surface area contributed by atoms with Gasteiger partial charge in [-0.15, -0.1) is 24.0 Å². The van der Waals surface area contributed by atoms with Gasteiger partial charge in [-0.1, -0.05) is 18.2 Å². The number of halogens is 1. The van der Waals surface area contributed by atoms with Crippen molar-refractivity contribution in [3.63, 3.8) is 0 Å². The molecule has 8 heteroatoms. The molecule has 0 bridgehead atoms. The van der Waals surface area contributed by atoms with Crippen molar-refractivity contribution >= 4 is 45.6 Å². The predicted molar refractivity (Wildman–Crippen MR) is 91.9 cm³/mol. The van der Waals surface area contributed by atoms with Crippen LogP contribution in [0.25, 0.3) is 0 Å². The van der Waals surface area contributed by atoms with Crippen molar-refractivity contribution in [3.05, 3.63) is 30.3 Å². The van der Waals surface area contributed by atoms with Crippen LogP contribution in [0.1, 0.15) is 6.42 Å². The lowest BCUT2D eigenvalue weighted by atomic mass is 10.3. The fourth-order valence-corrected chi connectivity index (χ4v) is 3.45. The van der Waals surface area contributed by atoms with E-state index in [1.807, 2.05) is 30.3 Å². The molecule has 6 nitrogen and oxygen atoms in total. The molecule has 0 saturated carbocycles. The molecule has 3 N–H and O–H groups in total. The summed E-state index contributed by atoms with van der Waals surface area (Å²) in [6, 6.07) is 9.47. The molecule has 1 aromatic rings. The molecule has 1 aliphatic heterocycles. The maximum atomic E-state index is 11.6. The second-order valence-corrected chi connectivity index (χ2v) is 6.42. The normalized spacial score (nSPS) is 18.5.